The average molecular weight is 225 g/mol. The molecule has 0 bridgehead atoms. The van der Waals surface area contributed by atoms with Crippen molar-refractivity contribution in [1.29, 1.82) is 0 Å². The van der Waals surface area contributed by atoms with Crippen LogP contribution in [0.1, 0.15) is 39.5 Å². The Kier molecular flexibility index (Phi) is 5.90. The molecule has 1 aliphatic rings. The smallest absolute Gasteiger partial charge is 0.239 e. The third kappa shape index (κ3) is 5.73. The monoisotopic (exact) mass is 225 g/mol. The number of hydrogen-bond acceptors (Lipinski definition) is 3. The highest BCUT2D eigenvalue weighted by atomic mass is 16.1. The highest BCUT2D eigenvalue weighted by molar-refractivity contribution is 5.87. The van der Waals surface area contributed by atoms with Crippen LogP contribution in [0.2, 0.25) is 0 Å². The number of amides is 1. The zero-order valence-electron chi connectivity index (χ0n) is 10.4. The van der Waals surface area contributed by atoms with Crippen molar-refractivity contribution in [2.45, 2.75) is 39.5 Å². The minimum Gasteiger partial charge on any atom is -0.365 e. The highest BCUT2D eigenvalue weighted by Gasteiger charge is 2.06. The number of carbonyl (C=O) groups is 1. The second-order valence-electron chi connectivity index (χ2n) is 4.69. The zero-order valence-corrected chi connectivity index (χ0v) is 10.4. The Morgan fingerprint density at radius 3 is 2.94 bits per heavy atom. The van der Waals surface area contributed by atoms with Crippen LogP contribution in [0.3, 0.4) is 0 Å². The van der Waals surface area contributed by atoms with Crippen molar-refractivity contribution in [3.63, 3.8) is 0 Å². The summed E-state index contributed by atoms with van der Waals surface area (Å²) in [5.41, 5.74) is 0. The number of hydrogen-bond donors (Lipinski definition) is 2. The second-order valence-corrected chi connectivity index (χ2v) is 4.69. The molecule has 0 spiro atoms. The van der Waals surface area contributed by atoms with Crippen molar-refractivity contribution in [3.8, 4) is 0 Å². The molecule has 0 saturated carbocycles. The normalized spacial score (nSPS) is 16.6. The van der Waals surface area contributed by atoms with Gasteiger partial charge in [-0.1, -0.05) is 20.3 Å². The third-order valence-corrected chi connectivity index (χ3v) is 2.53. The van der Waals surface area contributed by atoms with Crippen LogP contribution in [-0.4, -0.2) is 31.4 Å². The molecule has 0 aliphatic carbocycles. The van der Waals surface area contributed by atoms with Gasteiger partial charge in [0.2, 0.25) is 5.91 Å². The average Bonchev–Trinajstić information content (AvgIpc) is 2.51. The van der Waals surface area contributed by atoms with E-state index in [9.17, 15) is 4.79 Å². The Labute approximate surface area is 97.9 Å². The first-order valence-electron chi connectivity index (χ1n) is 6.22. The Bertz CT molecular complexity index is 249. The van der Waals surface area contributed by atoms with Crippen molar-refractivity contribution in [3.05, 3.63) is 0 Å². The molecular formula is C12H23N3O. The quantitative estimate of drug-likeness (QED) is 0.758. The van der Waals surface area contributed by atoms with Gasteiger partial charge >= 0.3 is 0 Å². The van der Waals surface area contributed by atoms with Gasteiger partial charge in [-0.3, -0.25) is 9.79 Å². The van der Waals surface area contributed by atoms with Crippen LogP contribution in [0.15, 0.2) is 4.99 Å². The van der Waals surface area contributed by atoms with E-state index in [1.165, 1.54) is 19.3 Å². The molecule has 0 atom stereocenters. The van der Waals surface area contributed by atoms with Crippen LogP contribution in [0.25, 0.3) is 0 Å². The molecule has 2 N–H and O–H groups in total. The lowest BCUT2D eigenvalue weighted by Gasteiger charge is -2.10. The fourth-order valence-electron chi connectivity index (χ4n) is 1.58. The third-order valence-electron chi connectivity index (χ3n) is 2.53. The van der Waals surface area contributed by atoms with Crippen molar-refractivity contribution < 1.29 is 4.79 Å². The minimum absolute atomic E-state index is 0.0562. The molecule has 0 radical (unpaired) electrons. The summed E-state index contributed by atoms with van der Waals surface area (Å²) in [6.45, 7) is 6.17. The summed E-state index contributed by atoms with van der Waals surface area (Å²) in [6, 6.07) is 0. The molecule has 16 heavy (non-hydrogen) atoms. The number of amidine groups is 1. The van der Waals surface area contributed by atoms with Crippen LogP contribution in [0.4, 0.5) is 0 Å². The van der Waals surface area contributed by atoms with E-state index in [1.54, 1.807) is 0 Å². The Morgan fingerprint density at radius 1 is 1.38 bits per heavy atom. The molecule has 1 rings (SSSR count). The molecule has 0 saturated heterocycles. The fourth-order valence-corrected chi connectivity index (χ4v) is 1.58. The van der Waals surface area contributed by atoms with Crippen molar-refractivity contribution >= 4 is 11.7 Å². The van der Waals surface area contributed by atoms with Crippen LogP contribution in [-0.2, 0) is 4.79 Å². The first-order chi connectivity index (χ1) is 7.68. The van der Waals surface area contributed by atoms with Crippen LogP contribution in [0.5, 0.6) is 0 Å². The van der Waals surface area contributed by atoms with Crippen LogP contribution in [0, 0.1) is 5.92 Å². The zero-order chi connectivity index (χ0) is 11.8. The van der Waals surface area contributed by atoms with Gasteiger partial charge in [0.1, 0.15) is 0 Å². The predicted octanol–water partition coefficient (Wildman–Crippen LogP) is 1.32. The first kappa shape index (κ1) is 13.0. The first-order valence-corrected chi connectivity index (χ1v) is 6.22. The Morgan fingerprint density at radius 2 is 2.19 bits per heavy atom. The van der Waals surface area contributed by atoms with Crippen LogP contribution < -0.4 is 10.6 Å². The molecular weight excluding hydrogens is 202 g/mol. The van der Waals surface area contributed by atoms with Gasteiger partial charge in [-0.2, -0.15) is 0 Å². The molecule has 1 heterocycles. The van der Waals surface area contributed by atoms with Crippen LogP contribution >= 0.6 is 0 Å². The van der Waals surface area contributed by atoms with Gasteiger partial charge in [-0.25, -0.2) is 0 Å². The SMILES string of the molecule is CC(C)CNC(=O)CNC1=NCCCCC1. The van der Waals surface area contributed by atoms with Gasteiger partial charge in [0.25, 0.3) is 0 Å². The minimum atomic E-state index is 0.0562. The van der Waals surface area contributed by atoms with Crippen molar-refractivity contribution in [1.82, 2.24) is 10.6 Å². The topological polar surface area (TPSA) is 53.5 Å². The van der Waals surface area contributed by atoms with Gasteiger partial charge in [-0.15, -0.1) is 0 Å². The Hall–Kier alpha value is -1.06. The summed E-state index contributed by atoms with van der Waals surface area (Å²) in [5, 5.41) is 6.00. The molecule has 92 valence electrons. The number of nitrogens with zero attached hydrogens (tertiary/aromatic N) is 1. The Balaban J connectivity index is 2.17. The standard InChI is InChI=1S/C12H23N3O/c1-10(2)8-15-12(16)9-14-11-6-4-3-5-7-13-11/h10H,3-9H2,1-2H3,(H,13,14)(H,15,16). The summed E-state index contributed by atoms with van der Waals surface area (Å²) in [5.74, 6) is 1.55. The largest absolute Gasteiger partial charge is 0.365 e. The van der Waals surface area contributed by atoms with E-state index in [0.29, 0.717) is 12.5 Å². The lowest BCUT2D eigenvalue weighted by Crippen LogP contribution is -2.38. The fraction of sp³-hybridized carbons (Fsp3) is 0.833. The predicted molar refractivity (Wildman–Crippen MR) is 66.6 cm³/mol. The summed E-state index contributed by atoms with van der Waals surface area (Å²) in [7, 11) is 0. The van der Waals surface area contributed by atoms with Gasteiger partial charge in [0, 0.05) is 19.5 Å². The lowest BCUT2D eigenvalue weighted by atomic mass is 10.2. The van der Waals surface area contributed by atoms with Gasteiger partial charge < -0.3 is 10.6 Å². The maximum absolute atomic E-state index is 11.4. The summed E-state index contributed by atoms with van der Waals surface area (Å²) < 4.78 is 0. The van der Waals surface area contributed by atoms with Gasteiger partial charge in [-0.05, 0) is 18.8 Å². The van der Waals surface area contributed by atoms with E-state index in [4.69, 9.17) is 0 Å². The number of aliphatic imine (C=N–C) groups is 1. The molecule has 0 aromatic carbocycles. The van der Waals surface area contributed by atoms with E-state index in [2.05, 4.69) is 29.5 Å². The van der Waals surface area contributed by atoms with Crippen molar-refractivity contribution in [2.24, 2.45) is 10.9 Å². The van der Waals surface area contributed by atoms with Gasteiger partial charge in [0.15, 0.2) is 0 Å². The van der Waals surface area contributed by atoms with Gasteiger partial charge in [0.05, 0.1) is 12.4 Å². The summed E-state index contributed by atoms with van der Waals surface area (Å²) in [6.07, 6.45) is 4.58. The molecule has 4 nitrogen and oxygen atoms in total. The molecule has 0 fully saturated rings. The number of nitrogens with one attached hydrogen (secondary N) is 2. The number of rotatable bonds is 4. The summed E-state index contributed by atoms with van der Waals surface area (Å²) >= 11 is 0. The van der Waals surface area contributed by atoms with E-state index < -0.39 is 0 Å². The molecule has 0 aromatic heterocycles. The maximum atomic E-state index is 11.4. The van der Waals surface area contributed by atoms with E-state index in [1.807, 2.05) is 0 Å². The molecule has 0 unspecified atom stereocenters. The second kappa shape index (κ2) is 7.25. The summed E-state index contributed by atoms with van der Waals surface area (Å²) in [4.78, 5) is 15.9. The van der Waals surface area contributed by atoms with E-state index in [0.717, 1.165) is 25.3 Å². The molecule has 1 amide bonds. The molecule has 0 aromatic rings. The number of carbonyl (C=O) groups excluding carboxylic acids is 1. The van der Waals surface area contributed by atoms with E-state index in [-0.39, 0.29) is 5.91 Å². The highest BCUT2D eigenvalue weighted by Crippen LogP contribution is 2.05. The van der Waals surface area contributed by atoms with E-state index >= 15 is 0 Å². The molecule has 4 heteroatoms. The van der Waals surface area contributed by atoms with Crippen molar-refractivity contribution in [2.75, 3.05) is 19.6 Å². The maximum Gasteiger partial charge on any atom is 0.239 e. The lowest BCUT2D eigenvalue weighted by molar-refractivity contribution is -0.120. The molecule has 1 aliphatic heterocycles.